The Morgan fingerprint density at radius 1 is 1.69 bits per heavy atom. The molecule has 72 valence electrons. The number of nitrogens with one attached hydrogen (secondary N) is 1. The lowest BCUT2D eigenvalue weighted by molar-refractivity contribution is 0.0726. The van der Waals surface area contributed by atoms with Crippen LogP contribution in [0, 0.1) is 0 Å². The molecule has 0 fully saturated rings. The number of furan rings is 1. The van der Waals surface area contributed by atoms with Crippen molar-refractivity contribution in [2.24, 2.45) is 0 Å². The fourth-order valence-electron chi connectivity index (χ4n) is 1.80. The van der Waals surface area contributed by atoms with Crippen molar-refractivity contribution in [3.63, 3.8) is 0 Å². The van der Waals surface area contributed by atoms with Gasteiger partial charge in [0.15, 0.2) is 0 Å². The Balaban J connectivity index is 2.24. The van der Waals surface area contributed by atoms with Gasteiger partial charge in [0, 0.05) is 13.7 Å². The van der Waals surface area contributed by atoms with Crippen LogP contribution in [-0.2, 0) is 11.2 Å². The van der Waals surface area contributed by atoms with Crippen LogP contribution in [0.25, 0.3) is 0 Å². The Kier molecular flexibility index (Phi) is 2.38. The van der Waals surface area contributed by atoms with E-state index in [9.17, 15) is 0 Å². The van der Waals surface area contributed by atoms with Crippen molar-refractivity contribution in [2.45, 2.75) is 25.5 Å². The fraction of sp³-hybridized carbons (Fsp3) is 0.600. The topological polar surface area (TPSA) is 34.4 Å². The van der Waals surface area contributed by atoms with E-state index in [0.717, 1.165) is 18.7 Å². The van der Waals surface area contributed by atoms with Gasteiger partial charge < -0.3 is 14.5 Å². The lowest BCUT2D eigenvalue weighted by Crippen LogP contribution is -2.36. The Labute approximate surface area is 78.1 Å². The van der Waals surface area contributed by atoms with Crippen molar-refractivity contribution in [1.82, 2.24) is 5.32 Å². The van der Waals surface area contributed by atoms with Gasteiger partial charge in [-0.25, -0.2) is 0 Å². The number of hydrogen-bond donors (Lipinski definition) is 1. The third-order valence-electron chi connectivity index (χ3n) is 2.66. The predicted molar refractivity (Wildman–Crippen MR) is 49.6 cm³/mol. The van der Waals surface area contributed by atoms with E-state index in [2.05, 4.69) is 12.2 Å². The maximum Gasteiger partial charge on any atom is 0.126 e. The zero-order valence-corrected chi connectivity index (χ0v) is 8.04. The van der Waals surface area contributed by atoms with E-state index in [0.29, 0.717) is 0 Å². The number of fused-ring (bicyclic) bond motifs is 1. The summed E-state index contributed by atoms with van der Waals surface area (Å²) < 4.78 is 10.7. The molecule has 0 aromatic carbocycles. The Hall–Kier alpha value is -0.800. The minimum atomic E-state index is 0.158. The summed E-state index contributed by atoms with van der Waals surface area (Å²) in [6.45, 7) is 3.06. The molecule has 1 N–H and O–H groups in total. The highest BCUT2D eigenvalue weighted by molar-refractivity contribution is 5.24. The van der Waals surface area contributed by atoms with Crippen LogP contribution in [0.4, 0.5) is 0 Å². The second-order valence-electron chi connectivity index (χ2n) is 3.43. The van der Waals surface area contributed by atoms with E-state index < -0.39 is 0 Å². The summed E-state index contributed by atoms with van der Waals surface area (Å²) in [5.74, 6) is 1.04. The molecule has 13 heavy (non-hydrogen) atoms. The standard InChI is InChI=1S/C10H15NO2/c1-7(12-2)9-10-8(3-5-11-9)4-6-13-10/h4,6-7,9,11H,3,5H2,1-2H3. The maximum absolute atomic E-state index is 5.45. The lowest BCUT2D eigenvalue weighted by atomic mass is 10.00. The molecule has 3 heteroatoms. The van der Waals surface area contributed by atoms with Gasteiger partial charge >= 0.3 is 0 Å². The second-order valence-corrected chi connectivity index (χ2v) is 3.43. The monoisotopic (exact) mass is 181 g/mol. The molecule has 0 saturated carbocycles. The van der Waals surface area contributed by atoms with Crippen molar-refractivity contribution < 1.29 is 9.15 Å². The predicted octanol–water partition coefficient (Wildman–Crippen LogP) is 1.50. The minimum absolute atomic E-state index is 0.158. The Morgan fingerprint density at radius 3 is 3.31 bits per heavy atom. The highest BCUT2D eigenvalue weighted by Gasteiger charge is 2.27. The van der Waals surface area contributed by atoms with Crippen molar-refractivity contribution in [3.8, 4) is 0 Å². The zero-order chi connectivity index (χ0) is 9.26. The average Bonchev–Trinajstić information content (AvgIpc) is 2.63. The molecule has 2 heterocycles. The van der Waals surface area contributed by atoms with Gasteiger partial charge in [-0.2, -0.15) is 0 Å². The second kappa shape index (κ2) is 3.52. The summed E-state index contributed by atoms with van der Waals surface area (Å²) in [6.07, 6.45) is 2.97. The number of rotatable bonds is 2. The van der Waals surface area contributed by atoms with E-state index >= 15 is 0 Å². The molecule has 1 aliphatic heterocycles. The van der Waals surface area contributed by atoms with Crippen molar-refractivity contribution in [2.75, 3.05) is 13.7 Å². The summed E-state index contributed by atoms with van der Waals surface area (Å²) in [7, 11) is 1.73. The maximum atomic E-state index is 5.45. The lowest BCUT2D eigenvalue weighted by Gasteiger charge is -2.26. The van der Waals surface area contributed by atoms with Gasteiger partial charge in [0.1, 0.15) is 5.76 Å². The van der Waals surface area contributed by atoms with Gasteiger partial charge in [0.05, 0.1) is 18.4 Å². The SMILES string of the molecule is COC(C)C1NCCc2ccoc21. The van der Waals surface area contributed by atoms with Gasteiger partial charge in [-0.05, 0) is 25.0 Å². The van der Waals surface area contributed by atoms with E-state index in [4.69, 9.17) is 9.15 Å². The van der Waals surface area contributed by atoms with Crippen LogP contribution in [0.2, 0.25) is 0 Å². The smallest absolute Gasteiger partial charge is 0.126 e. The molecule has 2 rings (SSSR count). The molecule has 0 bridgehead atoms. The largest absolute Gasteiger partial charge is 0.467 e. The first-order valence-corrected chi connectivity index (χ1v) is 4.65. The number of methoxy groups -OCH3 is 1. The van der Waals surface area contributed by atoms with Crippen LogP contribution < -0.4 is 5.32 Å². The molecule has 1 aliphatic rings. The van der Waals surface area contributed by atoms with Gasteiger partial charge in [-0.1, -0.05) is 0 Å². The molecular weight excluding hydrogens is 166 g/mol. The van der Waals surface area contributed by atoms with Crippen LogP contribution >= 0.6 is 0 Å². The average molecular weight is 181 g/mol. The zero-order valence-electron chi connectivity index (χ0n) is 8.04. The molecular formula is C10H15NO2. The van der Waals surface area contributed by atoms with Crippen LogP contribution in [-0.4, -0.2) is 19.8 Å². The molecule has 0 saturated heterocycles. The van der Waals surface area contributed by atoms with E-state index in [-0.39, 0.29) is 12.1 Å². The molecule has 1 aromatic rings. The Bertz CT molecular complexity index is 282. The summed E-state index contributed by atoms with van der Waals surface area (Å²) >= 11 is 0. The summed E-state index contributed by atoms with van der Waals surface area (Å²) in [6, 6.07) is 2.26. The highest BCUT2D eigenvalue weighted by Crippen LogP contribution is 2.27. The molecule has 0 aliphatic carbocycles. The molecule has 1 aromatic heterocycles. The van der Waals surface area contributed by atoms with Crippen LogP contribution in [0.1, 0.15) is 24.3 Å². The molecule has 3 nitrogen and oxygen atoms in total. The summed E-state index contributed by atoms with van der Waals surface area (Å²) in [4.78, 5) is 0. The van der Waals surface area contributed by atoms with Gasteiger partial charge in [-0.3, -0.25) is 0 Å². The van der Waals surface area contributed by atoms with Gasteiger partial charge in [0.25, 0.3) is 0 Å². The quantitative estimate of drug-likeness (QED) is 0.750. The highest BCUT2D eigenvalue weighted by atomic mass is 16.5. The molecule has 0 amide bonds. The van der Waals surface area contributed by atoms with Crippen molar-refractivity contribution in [1.29, 1.82) is 0 Å². The molecule has 0 spiro atoms. The summed E-state index contributed by atoms with van der Waals surface area (Å²) in [5, 5.41) is 3.39. The Morgan fingerprint density at radius 2 is 2.54 bits per heavy atom. The van der Waals surface area contributed by atoms with Crippen molar-refractivity contribution >= 4 is 0 Å². The first kappa shape index (κ1) is 8.78. The minimum Gasteiger partial charge on any atom is -0.467 e. The van der Waals surface area contributed by atoms with E-state index in [1.807, 2.05) is 6.07 Å². The van der Waals surface area contributed by atoms with Gasteiger partial charge in [0.2, 0.25) is 0 Å². The third kappa shape index (κ3) is 1.49. The van der Waals surface area contributed by atoms with Crippen molar-refractivity contribution in [3.05, 3.63) is 23.7 Å². The van der Waals surface area contributed by atoms with E-state index in [1.54, 1.807) is 13.4 Å². The van der Waals surface area contributed by atoms with Crippen LogP contribution in [0.3, 0.4) is 0 Å². The third-order valence-corrected chi connectivity index (χ3v) is 2.66. The summed E-state index contributed by atoms with van der Waals surface area (Å²) in [5.41, 5.74) is 1.31. The van der Waals surface area contributed by atoms with E-state index in [1.165, 1.54) is 5.56 Å². The normalized spacial score (nSPS) is 24.0. The number of ether oxygens (including phenoxy) is 1. The molecule has 2 unspecified atom stereocenters. The molecule has 0 radical (unpaired) electrons. The fourth-order valence-corrected chi connectivity index (χ4v) is 1.80. The number of hydrogen-bond acceptors (Lipinski definition) is 3. The molecule has 2 atom stereocenters. The first-order valence-electron chi connectivity index (χ1n) is 4.65. The van der Waals surface area contributed by atoms with Gasteiger partial charge in [-0.15, -0.1) is 0 Å². The van der Waals surface area contributed by atoms with Crippen LogP contribution in [0.5, 0.6) is 0 Å². The first-order chi connectivity index (χ1) is 6.33. The van der Waals surface area contributed by atoms with Crippen LogP contribution in [0.15, 0.2) is 16.7 Å².